The molecular formula is C10H14ClN. The van der Waals surface area contributed by atoms with Crippen LogP contribution >= 0.6 is 11.6 Å². The van der Waals surface area contributed by atoms with Crippen LogP contribution in [-0.2, 0) is 6.54 Å². The number of halogens is 1. The third-order valence-corrected chi connectivity index (χ3v) is 1.75. The first kappa shape index (κ1) is 9.56. The summed E-state index contributed by atoms with van der Waals surface area (Å²) in [5.74, 6) is 0. The highest BCUT2D eigenvalue weighted by Crippen LogP contribution is 1.97. The fourth-order valence-electron chi connectivity index (χ4n) is 1.01. The van der Waals surface area contributed by atoms with Gasteiger partial charge in [-0.1, -0.05) is 30.3 Å². The van der Waals surface area contributed by atoms with Gasteiger partial charge in [-0.05, 0) is 12.5 Å². The zero-order chi connectivity index (χ0) is 8.81. The highest BCUT2D eigenvalue weighted by molar-refractivity contribution is 6.20. The van der Waals surface area contributed by atoms with E-state index in [4.69, 9.17) is 11.6 Å². The number of alkyl halides is 1. The topological polar surface area (TPSA) is 12.0 Å². The minimum atomic E-state index is 0.203. The summed E-state index contributed by atoms with van der Waals surface area (Å²) in [6, 6.07) is 10.3. The van der Waals surface area contributed by atoms with Crippen molar-refractivity contribution >= 4 is 11.6 Å². The molecule has 0 saturated heterocycles. The molecule has 0 aliphatic carbocycles. The van der Waals surface area contributed by atoms with Crippen molar-refractivity contribution in [1.82, 2.24) is 5.32 Å². The number of nitrogens with one attached hydrogen (secondary N) is 1. The van der Waals surface area contributed by atoms with E-state index in [0.29, 0.717) is 0 Å². The van der Waals surface area contributed by atoms with Crippen LogP contribution in [0.1, 0.15) is 12.5 Å². The van der Waals surface area contributed by atoms with Crippen LogP contribution in [0.15, 0.2) is 30.3 Å². The average molecular weight is 184 g/mol. The van der Waals surface area contributed by atoms with E-state index in [1.807, 2.05) is 25.1 Å². The second-order valence-electron chi connectivity index (χ2n) is 2.90. The third-order valence-electron chi connectivity index (χ3n) is 1.60. The Balaban J connectivity index is 2.25. The van der Waals surface area contributed by atoms with Gasteiger partial charge in [0.15, 0.2) is 0 Å². The predicted octanol–water partition coefficient (Wildman–Crippen LogP) is 2.40. The Bertz CT molecular complexity index is 208. The molecule has 1 aromatic carbocycles. The Morgan fingerprint density at radius 2 is 2.00 bits per heavy atom. The molecule has 0 spiro atoms. The van der Waals surface area contributed by atoms with E-state index >= 15 is 0 Å². The van der Waals surface area contributed by atoms with Gasteiger partial charge in [0.25, 0.3) is 0 Å². The monoisotopic (exact) mass is 183 g/mol. The van der Waals surface area contributed by atoms with Crippen molar-refractivity contribution in [3.63, 3.8) is 0 Å². The smallest absolute Gasteiger partial charge is 0.0432 e. The zero-order valence-corrected chi connectivity index (χ0v) is 8.01. The maximum atomic E-state index is 5.78. The van der Waals surface area contributed by atoms with Gasteiger partial charge in [-0.2, -0.15) is 0 Å². The summed E-state index contributed by atoms with van der Waals surface area (Å²) < 4.78 is 0. The Morgan fingerprint density at radius 1 is 1.33 bits per heavy atom. The Labute approximate surface area is 78.7 Å². The van der Waals surface area contributed by atoms with Crippen LogP contribution in [0.3, 0.4) is 0 Å². The first-order chi connectivity index (χ1) is 5.79. The fraction of sp³-hybridized carbons (Fsp3) is 0.400. The average Bonchev–Trinajstić information content (AvgIpc) is 2.05. The van der Waals surface area contributed by atoms with Gasteiger partial charge in [-0.25, -0.2) is 0 Å². The summed E-state index contributed by atoms with van der Waals surface area (Å²) in [5, 5.41) is 3.47. The molecule has 2 heteroatoms. The van der Waals surface area contributed by atoms with Gasteiger partial charge in [0.05, 0.1) is 0 Å². The van der Waals surface area contributed by atoms with Crippen LogP contribution in [0.2, 0.25) is 0 Å². The lowest BCUT2D eigenvalue weighted by Gasteiger charge is -2.05. The molecule has 1 aromatic rings. The Kier molecular flexibility index (Phi) is 4.12. The van der Waals surface area contributed by atoms with Crippen LogP contribution in [0, 0.1) is 0 Å². The van der Waals surface area contributed by atoms with Gasteiger partial charge >= 0.3 is 0 Å². The van der Waals surface area contributed by atoms with Crippen LogP contribution < -0.4 is 5.32 Å². The third kappa shape index (κ3) is 3.74. The van der Waals surface area contributed by atoms with Gasteiger partial charge in [0.1, 0.15) is 0 Å². The standard InChI is InChI=1S/C10H14ClN/c1-9(11)7-12-8-10-5-3-2-4-6-10/h2-6,9,12H,7-8H2,1H3/t9-/m1/s1. The van der Waals surface area contributed by atoms with Crippen LogP contribution in [0.4, 0.5) is 0 Å². The second kappa shape index (κ2) is 5.18. The van der Waals surface area contributed by atoms with Crippen molar-refractivity contribution in [3.05, 3.63) is 35.9 Å². The lowest BCUT2D eigenvalue weighted by molar-refractivity contribution is 0.680. The molecule has 0 heterocycles. The van der Waals surface area contributed by atoms with Crippen molar-refractivity contribution in [2.24, 2.45) is 0 Å². The summed E-state index contributed by atoms with van der Waals surface area (Å²) >= 11 is 5.78. The van der Waals surface area contributed by atoms with Gasteiger partial charge in [-0.3, -0.25) is 0 Å². The summed E-state index contributed by atoms with van der Waals surface area (Å²) in [6.07, 6.45) is 0. The van der Waals surface area contributed by atoms with Crippen molar-refractivity contribution in [3.8, 4) is 0 Å². The molecule has 0 radical (unpaired) electrons. The number of hydrogen-bond donors (Lipinski definition) is 1. The van der Waals surface area contributed by atoms with Gasteiger partial charge in [0.2, 0.25) is 0 Å². The minimum Gasteiger partial charge on any atom is -0.311 e. The van der Waals surface area contributed by atoms with E-state index < -0.39 is 0 Å². The van der Waals surface area contributed by atoms with Gasteiger partial charge in [0, 0.05) is 18.5 Å². The summed E-state index contributed by atoms with van der Waals surface area (Å²) in [5.41, 5.74) is 1.30. The maximum Gasteiger partial charge on any atom is 0.0432 e. The molecule has 66 valence electrons. The molecule has 0 unspecified atom stereocenters. The van der Waals surface area contributed by atoms with Crippen LogP contribution in [0.25, 0.3) is 0 Å². The van der Waals surface area contributed by atoms with Crippen LogP contribution in [-0.4, -0.2) is 11.9 Å². The highest BCUT2D eigenvalue weighted by Gasteiger charge is 1.94. The highest BCUT2D eigenvalue weighted by atomic mass is 35.5. The molecule has 0 aliphatic heterocycles. The van der Waals surface area contributed by atoms with E-state index in [0.717, 1.165) is 13.1 Å². The molecule has 0 aromatic heterocycles. The van der Waals surface area contributed by atoms with E-state index in [2.05, 4.69) is 17.4 Å². The predicted molar refractivity (Wildman–Crippen MR) is 53.5 cm³/mol. The first-order valence-corrected chi connectivity index (χ1v) is 4.61. The normalized spacial score (nSPS) is 12.8. The molecule has 1 rings (SSSR count). The molecule has 1 nitrogen and oxygen atoms in total. The summed E-state index contributed by atoms with van der Waals surface area (Å²) in [6.45, 7) is 3.74. The number of benzene rings is 1. The maximum absolute atomic E-state index is 5.78. The molecular weight excluding hydrogens is 170 g/mol. The number of rotatable bonds is 4. The molecule has 0 bridgehead atoms. The van der Waals surface area contributed by atoms with E-state index in [-0.39, 0.29) is 5.38 Å². The van der Waals surface area contributed by atoms with Crippen LogP contribution in [0.5, 0.6) is 0 Å². The largest absolute Gasteiger partial charge is 0.311 e. The Morgan fingerprint density at radius 3 is 2.58 bits per heavy atom. The minimum absolute atomic E-state index is 0.203. The lowest BCUT2D eigenvalue weighted by Crippen LogP contribution is -2.20. The van der Waals surface area contributed by atoms with Crippen molar-refractivity contribution < 1.29 is 0 Å². The number of hydrogen-bond acceptors (Lipinski definition) is 1. The second-order valence-corrected chi connectivity index (χ2v) is 3.64. The van der Waals surface area contributed by atoms with E-state index in [9.17, 15) is 0 Å². The Hall–Kier alpha value is -0.530. The molecule has 0 fully saturated rings. The SMILES string of the molecule is C[C@@H](Cl)CNCc1ccccc1. The van der Waals surface area contributed by atoms with Gasteiger partial charge < -0.3 is 5.32 Å². The summed E-state index contributed by atoms with van der Waals surface area (Å²) in [4.78, 5) is 0. The van der Waals surface area contributed by atoms with Crippen molar-refractivity contribution in [1.29, 1.82) is 0 Å². The lowest BCUT2D eigenvalue weighted by atomic mass is 10.2. The fourth-order valence-corrected chi connectivity index (χ4v) is 1.12. The molecule has 0 amide bonds. The zero-order valence-electron chi connectivity index (χ0n) is 7.26. The van der Waals surface area contributed by atoms with E-state index in [1.165, 1.54) is 5.56 Å². The first-order valence-electron chi connectivity index (χ1n) is 4.18. The van der Waals surface area contributed by atoms with Crippen molar-refractivity contribution in [2.45, 2.75) is 18.8 Å². The molecule has 1 atom stereocenters. The summed E-state index contributed by atoms with van der Waals surface area (Å²) in [7, 11) is 0. The quantitative estimate of drug-likeness (QED) is 0.707. The molecule has 12 heavy (non-hydrogen) atoms. The van der Waals surface area contributed by atoms with E-state index in [1.54, 1.807) is 0 Å². The van der Waals surface area contributed by atoms with Gasteiger partial charge in [-0.15, -0.1) is 11.6 Å². The molecule has 1 N–H and O–H groups in total. The molecule has 0 aliphatic rings. The van der Waals surface area contributed by atoms with Crippen molar-refractivity contribution in [2.75, 3.05) is 6.54 Å². The molecule has 0 saturated carbocycles.